The lowest BCUT2D eigenvalue weighted by molar-refractivity contribution is -0.127. The molecule has 1 aliphatic rings. The van der Waals surface area contributed by atoms with E-state index in [-0.39, 0.29) is 36.5 Å². The molecule has 4 N–H and O–H groups in total. The van der Waals surface area contributed by atoms with Crippen LogP contribution in [-0.4, -0.2) is 54.6 Å². The van der Waals surface area contributed by atoms with Crippen LogP contribution in [0.15, 0.2) is 24.3 Å². The van der Waals surface area contributed by atoms with Crippen LogP contribution in [-0.2, 0) is 27.4 Å². The molecule has 1 heterocycles. The maximum atomic E-state index is 11.9. The highest BCUT2D eigenvalue weighted by Gasteiger charge is 2.22. The van der Waals surface area contributed by atoms with E-state index in [9.17, 15) is 9.59 Å². The fraction of sp³-hybridized carbons (Fsp3) is 0.619. The molecule has 3 atom stereocenters. The third-order valence-electron chi connectivity index (χ3n) is 4.86. The molecule has 2 amide bonds. The minimum atomic E-state index is -0.599. The lowest BCUT2D eigenvalue weighted by Gasteiger charge is -2.35. The summed E-state index contributed by atoms with van der Waals surface area (Å²) in [4.78, 5) is 26.1. The second-order valence-electron chi connectivity index (χ2n) is 8.03. The van der Waals surface area contributed by atoms with Crippen molar-refractivity contribution in [2.24, 2.45) is 11.7 Å². The molecule has 1 aromatic rings. The zero-order valence-corrected chi connectivity index (χ0v) is 17.4. The molecule has 0 saturated carbocycles. The quantitative estimate of drug-likeness (QED) is 0.616. The summed E-state index contributed by atoms with van der Waals surface area (Å²) in [6, 6.07) is 7.63. The molecule has 7 heteroatoms. The van der Waals surface area contributed by atoms with Crippen molar-refractivity contribution in [1.82, 2.24) is 15.5 Å². The van der Waals surface area contributed by atoms with Gasteiger partial charge in [0.05, 0.1) is 24.8 Å². The summed E-state index contributed by atoms with van der Waals surface area (Å²) >= 11 is 0. The number of nitrogens with zero attached hydrogens (tertiary/aromatic N) is 1. The predicted octanol–water partition coefficient (Wildman–Crippen LogP) is 1.01. The van der Waals surface area contributed by atoms with E-state index in [1.165, 1.54) is 5.56 Å². The number of carbonyl (C=O) groups excluding carboxylic acids is 2. The van der Waals surface area contributed by atoms with Crippen LogP contribution in [0.5, 0.6) is 0 Å². The van der Waals surface area contributed by atoms with Crippen molar-refractivity contribution < 1.29 is 14.3 Å². The molecule has 28 heavy (non-hydrogen) atoms. The van der Waals surface area contributed by atoms with E-state index in [2.05, 4.69) is 41.5 Å². The molecule has 1 aromatic carbocycles. The normalized spacial score (nSPS) is 21.4. The minimum Gasteiger partial charge on any atom is -0.373 e. The molecular weight excluding hydrogens is 356 g/mol. The summed E-state index contributed by atoms with van der Waals surface area (Å²) in [6.07, 6.45) is 0.516. The van der Waals surface area contributed by atoms with Crippen molar-refractivity contribution in [3.05, 3.63) is 35.4 Å². The molecule has 0 bridgehead atoms. The number of ether oxygens (including phenoxy) is 1. The van der Waals surface area contributed by atoms with Crippen LogP contribution >= 0.6 is 0 Å². The Morgan fingerprint density at radius 1 is 1.11 bits per heavy atom. The van der Waals surface area contributed by atoms with E-state index in [4.69, 9.17) is 10.5 Å². The molecule has 1 fully saturated rings. The van der Waals surface area contributed by atoms with Gasteiger partial charge in [-0.25, -0.2) is 0 Å². The van der Waals surface area contributed by atoms with Gasteiger partial charge in [0.25, 0.3) is 0 Å². The first-order valence-electron chi connectivity index (χ1n) is 10.00. The summed E-state index contributed by atoms with van der Waals surface area (Å²) in [7, 11) is 0. The topological polar surface area (TPSA) is 96.7 Å². The molecular formula is C21H34N4O3. The fourth-order valence-electron chi connectivity index (χ4n) is 3.29. The average molecular weight is 391 g/mol. The van der Waals surface area contributed by atoms with Crippen LogP contribution in [0.4, 0.5) is 0 Å². The van der Waals surface area contributed by atoms with Crippen LogP contribution in [0.1, 0.15) is 38.8 Å². The molecule has 0 spiro atoms. The third kappa shape index (κ3) is 7.22. The van der Waals surface area contributed by atoms with Crippen molar-refractivity contribution in [1.29, 1.82) is 0 Å². The monoisotopic (exact) mass is 390 g/mol. The van der Waals surface area contributed by atoms with Gasteiger partial charge in [-0.05, 0) is 30.9 Å². The molecule has 1 saturated heterocycles. The first kappa shape index (κ1) is 22.3. The van der Waals surface area contributed by atoms with Crippen molar-refractivity contribution in [2.75, 3.05) is 19.6 Å². The molecule has 156 valence electrons. The Hall–Kier alpha value is -1.96. The molecule has 0 aromatic heterocycles. The van der Waals surface area contributed by atoms with Gasteiger partial charge in [-0.2, -0.15) is 0 Å². The highest BCUT2D eigenvalue weighted by molar-refractivity contribution is 5.87. The molecule has 0 radical (unpaired) electrons. The van der Waals surface area contributed by atoms with Crippen molar-refractivity contribution in [3.63, 3.8) is 0 Å². The molecule has 2 rings (SSSR count). The SMILES string of the molecule is CC1CN(Cc2ccc(CNC(=O)CNC(=O)[C@@H](N)C(C)C)cc2)CC(C)O1. The van der Waals surface area contributed by atoms with Gasteiger partial charge in [-0.15, -0.1) is 0 Å². The highest BCUT2D eigenvalue weighted by Crippen LogP contribution is 2.14. The Morgan fingerprint density at radius 3 is 2.25 bits per heavy atom. The molecule has 1 aliphatic heterocycles. The number of morpholine rings is 1. The summed E-state index contributed by atoms with van der Waals surface area (Å²) in [5, 5.41) is 5.38. The second kappa shape index (κ2) is 10.5. The molecule has 2 unspecified atom stereocenters. The maximum absolute atomic E-state index is 11.9. The lowest BCUT2D eigenvalue weighted by Crippen LogP contribution is -2.47. The van der Waals surface area contributed by atoms with Gasteiger partial charge in [0.15, 0.2) is 0 Å². The smallest absolute Gasteiger partial charge is 0.239 e. The van der Waals surface area contributed by atoms with Crippen molar-refractivity contribution >= 4 is 11.8 Å². The van der Waals surface area contributed by atoms with E-state index in [0.717, 1.165) is 25.2 Å². The Balaban J connectivity index is 1.73. The lowest BCUT2D eigenvalue weighted by atomic mass is 10.1. The Labute approximate surface area is 168 Å². The first-order chi connectivity index (χ1) is 13.2. The number of amides is 2. The molecule has 7 nitrogen and oxygen atoms in total. The predicted molar refractivity (Wildman–Crippen MR) is 109 cm³/mol. The van der Waals surface area contributed by atoms with E-state index >= 15 is 0 Å². The number of benzene rings is 1. The van der Waals surface area contributed by atoms with Gasteiger partial charge in [0.2, 0.25) is 11.8 Å². The van der Waals surface area contributed by atoms with Crippen LogP contribution in [0.2, 0.25) is 0 Å². The van der Waals surface area contributed by atoms with Gasteiger partial charge in [-0.3, -0.25) is 14.5 Å². The standard InChI is InChI=1S/C21H34N4O3/c1-14(2)20(22)21(27)24-10-19(26)23-9-17-5-7-18(8-6-17)13-25-11-15(3)28-16(4)12-25/h5-8,14-16,20H,9-13,22H2,1-4H3,(H,23,26)(H,24,27)/t15?,16?,20-/m0/s1. The fourth-order valence-corrected chi connectivity index (χ4v) is 3.29. The van der Waals surface area contributed by atoms with Crippen LogP contribution in [0.3, 0.4) is 0 Å². The van der Waals surface area contributed by atoms with E-state index in [0.29, 0.717) is 6.54 Å². The van der Waals surface area contributed by atoms with E-state index < -0.39 is 6.04 Å². The summed E-state index contributed by atoms with van der Waals surface area (Å²) in [5.41, 5.74) is 8.01. The van der Waals surface area contributed by atoms with Crippen molar-refractivity contribution in [3.8, 4) is 0 Å². The number of rotatable bonds is 8. The largest absolute Gasteiger partial charge is 0.373 e. The van der Waals surface area contributed by atoms with Gasteiger partial charge in [-0.1, -0.05) is 38.1 Å². The van der Waals surface area contributed by atoms with Gasteiger partial charge < -0.3 is 21.1 Å². The number of carbonyl (C=O) groups is 2. The van der Waals surface area contributed by atoms with E-state index in [1.54, 1.807) is 0 Å². The first-order valence-corrected chi connectivity index (χ1v) is 10.00. The third-order valence-corrected chi connectivity index (χ3v) is 4.86. The van der Waals surface area contributed by atoms with Crippen molar-refractivity contribution in [2.45, 2.75) is 59.0 Å². The number of hydrogen-bond donors (Lipinski definition) is 3. The second-order valence-corrected chi connectivity index (χ2v) is 8.03. The van der Waals surface area contributed by atoms with Gasteiger partial charge in [0, 0.05) is 26.2 Å². The number of hydrogen-bond acceptors (Lipinski definition) is 5. The molecule has 0 aliphatic carbocycles. The van der Waals surface area contributed by atoms with Gasteiger partial charge in [0.1, 0.15) is 0 Å². The Kier molecular flexibility index (Phi) is 8.41. The summed E-state index contributed by atoms with van der Waals surface area (Å²) < 4.78 is 5.77. The minimum absolute atomic E-state index is 0.0328. The summed E-state index contributed by atoms with van der Waals surface area (Å²) in [5.74, 6) is -0.503. The average Bonchev–Trinajstić information content (AvgIpc) is 2.64. The van der Waals surface area contributed by atoms with Crippen LogP contribution in [0, 0.1) is 5.92 Å². The maximum Gasteiger partial charge on any atom is 0.239 e. The zero-order valence-electron chi connectivity index (χ0n) is 17.4. The Bertz CT molecular complexity index is 638. The Morgan fingerprint density at radius 2 is 1.68 bits per heavy atom. The van der Waals surface area contributed by atoms with Gasteiger partial charge >= 0.3 is 0 Å². The van der Waals surface area contributed by atoms with Crippen LogP contribution in [0.25, 0.3) is 0 Å². The summed E-state index contributed by atoms with van der Waals surface area (Å²) in [6.45, 7) is 11.1. The highest BCUT2D eigenvalue weighted by atomic mass is 16.5. The van der Waals surface area contributed by atoms with E-state index in [1.807, 2.05) is 26.0 Å². The van der Waals surface area contributed by atoms with Crippen LogP contribution < -0.4 is 16.4 Å². The number of nitrogens with two attached hydrogens (primary N) is 1. The zero-order chi connectivity index (χ0) is 20.7. The number of nitrogens with one attached hydrogen (secondary N) is 2.